The minimum absolute atomic E-state index is 0.0247. The normalized spacial score (nSPS) is 10.6. The van der Waals surface area contributed by atoms with E-state index in [2.05, 4.69) is 21.0 Å². The molecule has 1 aromatic heterocycles. The van der Waals surface area contributed by atoms with Crippen LogP contribution in [0.3, 0.4) is 0 Å². The zero-order chi connectivity index (χ0) is 24.3. The molecule has 1 heterocycles. The summed E-state index contributed by atoms with van der Waals surface area (Å²) in [6, 6.07) is 18.7. The number of hydrogen-bond donors (Lipinski definition) is 3. The Labute approximate surface area is 199 Å². The molecular weight excluding hydrogens is 430 g/mol. The summed E-state index contributed by atoms with van der Waals surface area (Å²) in [6.45, 7) is 5.74. The number of anilines is 1. The van der Waals surface area contributed by atoms with E-state index in [1.54, 1.807) is 6.07 Å². The third-order valence-electron chi connectivity index (χ3n) is 5.14. The first kappa shape index (κ1) is 24.9. The maximum absolute atomic E-state index is 12.4. The number of nitrogens with one attached hydrogen (secondary N) is 3. The van der Waals surface area contributed by atoms with Crippen LogP contribution in [0, 0.1) is 0 Å². The van der Waals surface area contributed by atoms with E-state index in [1.165, 1.54) is 17.7 Å². The van der Waals surface area contributed by atoms with Crippen molar-refractivity contribution >= 4 is 17.5 Å². The van der Waals surface area contributed by atoms with Crippen molar-refractivity contribution < 1.29 is 9.59 Å². The molecule has 3 rings (SSSR count). The first-order chi connectivity index (χ1) is 16.4. The largest absolute Gasteiger partial charge is 0.355 e. The van der Waals surface area contributed by atoms with E-state index in [9.17, 15) is 14.4 Å². The van der Waals surface area contributed by atoms with Crippen molar-refractivity contribution in [1.29, 1.82) is 0 Å². The van der Waals surface area contributed by atoms with E-state index in [-0.39, 0.29) is 17.4 Å². The molecule has 3 aromatic rings. The highest BCUT2D eigenvalue weighted by Gasteiger charge is 2.07. The van der Waals surface area contributed by atoms with E-state index in [1.807, 2.05) is 55.5 Å². The van der Waals surface area contributed by atoms with Gasteiger partial charge in [-0.3, -0.25) is 14.4 Å². The lowest BCUT2D eigenvalue weighted by Crippen LogP contribution is -2.29. The molecule has 0 atom stereocenters. The van der Waals surface area contributed by atoms with Crippen LogP contribution in [0.5, 0.6) is 0 Å². The molecule has 0 aliphatic rings. The lowest BCUT2D eigenvalue weighted by atomic mass is 10.1. The lowest BCUT2D eigenvalue weighted by Gasteiger charge is -2.10. The molecule has 34 heavy (non-hydrogen) atoms. The first-order valence-corrected chi connectivity index (χ1v) is 11.5. The summed E-state index contributed by atoms with van der Waals surface area (Å²) in [6.07, 6.45) is 1.26. The number of nitrogens with zero attached hydrogens (tertiary/aromatic N) is 2. The summed E-state index contributed by atoms with van der Waals surface area (Å²) in [4.78, 5) is 35.2. The van der Waals surface area contributed by atoms with Gasteiger partial charge in [0.25, 0.3) is 5.56 Å². The second kappa shape index (κ2) is 12.5. The molecule has 0 fully saturated rings. The lowest BCUT2D eigenvalue weighted by molar-refractivity contribution is -0.119. The fraction of sp³-hybridized carbons (Fsp3) is 0.308. The number of amides is 2. The van der Waals surface area contributed by atoms with E-state index < -0.39 is 0 Å². The SMILES string of the molecule is CCCC(=O)Nc1cccc(Cn2nc(-c3ccc(CNCCNC(C)=O)cc3)ccc2=O)c1. The van der Waals surface area contributed by atoms with Gasteiger partial charge in [-0.15, -0.1) is 0 Å². The average Bonchev–Trinajstić information content (AvgIpc) is 2.81. The predicted octanol–water partition coefficient (Wildman–Crippen LogP) is 2.92. The summed E-state index contributed by atoms with van der Waals surface area (Å²) in [5.74, 6) is -0.0604. The van der Waals surface area contributed by atoms with Gasteiger partial charge < -0.3 is 16.0 Å². The van der Waals surface area contributed by atoms with Crippen LogP contribution < -0.4 is 21.5 Å². The predicted molar refractivity (Wildman–Crippen MR) is 133 cm³/mol. The van der Waals surface area contributed by atoms with Gasteiger partial charge in [0, 0.05) is 50.3 Å². The third kappa shape index (κ3) is 7.67. The van der Waals surface area contributed by atoms with Crippen LogP contribution in [0.15, 0.2) is 65.5 Å². The van der Waals surface area contributed by atoms with Crippen molar-refractivity contribution in [3.05, 3.63) is 82.1 Å². The minimum atomic E-state index is -0.191. The maximum Gasteiger partial charge on any atom is 0.267 e. The monoisotopic (exact) mass is 461 g/mol. The number of aromatic nitrogens is 2. The van der Waals surface area contributed by atoms with E-state index in [0.717, 1.165) is 23.1 Å². The molecule has 0 saturated heterocycles. The summed E-state index contributed by atoms with van der Waals surface area (Å²) >= 11 is 0. The van der Waals surface area contributed by atoms with Crippen molar-refractivity contribution in [2.45, 2.75) is 39.8 Å². The van der Waals surface area contributed by atoms with Crippen LogP contribution in [0.2, 0.25) is 0 Å². The topological polar surface area (TPSA) is 105 Å². The molecule has 2 aromatic carbocycles. The summed E-state index contributed by atoms with van der Waals surface area (Å²) in [5.41, 5.74) is 4.13. The zero-order valence-electron chi connectivity index (χ0n) is 19.6. The average molecular weight is 462 g/mol. The Hall–Kier alpha value is -3.78. The van der Waals surface area contributed by atoms with E-state index in [4.69, 9.17) is 0 Å². The zero-order valence-corrected chi connectivity index (χ0v) is 19.6. The van der Waals surface area contributed by atoms with Crippen molar-refractivity contribution in [3.8, 4) is 11.3 Å². The van der Waals surface area contributed by atoms with Gasteiger partial charge in [-0.1, -0.05) is 43.3 Å². The van der Waals surface area contributed by atoms with Gasteiger partial charge in [0.15, 0.2) is 0 Å². The first-order valence-electron chi connectivity index (χ1n) is 11.5. The molecule has 0 aliphatic carbocycles. The van der Waals surface area contributed by atoms with Gasteiger partial charge in [0.1, 0.15) is 0 Å². The van der Waals surface area contributed by atoms with Crippen LogP contribution in [0.25, 0.3) is 11.3 Å². The highest BCUT2D eigenvalue weighted by Crippen LogP contribution is 2.17. The molecule has 8 heteroatoms. The van der Waals surface area contributed by atoms with Gasteiger partial charge in [0.05, 0.1) is 12.2 Å². The molecule has 0 bridgehead atoms. The molecule has 0 unspecified atom stereocenters. The number of carbonyl (C=O) groups excluding carboxylic acids is 2. The Morgan fingerprint density at radius 2 is 1.76 bits per heavy atom. The van der Waals surface area contributed by atoms with Gasteiger partial charge in [0.2, 0.25) is 11.8 Å². The second-order valence-corrected chi connectivity index (χ2v) is 8.07. The van der Waals surface area contributed by atoms with Gasteiger partial charge in [-0.25, -0.2) is 4.68 Å². The smallest absolute Gasteiger partial charge is 0.267 e. The minimum Gasteiger partial charge on any atom is -0.355 e. The molecule has 0 saturated carbocycles. The van der Waals surface area contributed by atoms with Crippen LogP contribution >= 0.6 is 0 Å². The number of rotatable bonds is 11. The summed E-state index contributed by atoms with van der Waals surface area (Å²) < 4.78 is 1.43. The Morgan fingerprint density at radius 3 is 2.50 bits per heavy atom. The Kier molecular flexibility index (Phi) is 9.11. The van der Waals surface area contributed by atoms with Crippen LogP contribution in [0.1, 0.15) is 37.8 Å². The van der Waals surface area contributed by atoms with Crippen LogP contribution in [0.4, 0.5) is 5.69 Å². The molecule has 3 N–H and O–H groups in total. The Morgan fingerprint density at radius 1 is 0.971 bits per heavy atom. The maximum atomic E-state index is 12.4. The van der Waals surface area contributed by atoms with Crippen molar-refractivity contribution in [2.24, 2.45) is 0 Å². The van der Waals surface area contributed by atoms with Crippen LogP contribution in [-0.2, 0) is 22.7 Å². The highest BCUT2D eigenvalue weighted by molar-refractivity contribution is 5.90. The van der Waals surface area contributed by atoms with Crippen LogP contribution in [-0.4, -0.2) is 34.7 Å². The second-order valence-electron chi connectivity index (χ2n) is 8.07. The van der Waals surface area contributed by atoms with Crippen molar-refractivity contribution in [1.82, 2.24) is 20.4 Å². The highest BCUT2D eigenvalue weighted by atomic mass is 16.2. The van der Waals surface area contributed by atoms with Gasteiger partial charge >= 0.3 is 0 Å². The molecule has 0 radical (unpaired) electrons. The quantitative estimate of drug-likeness (QED) is 0.381. The van der Waals surface area contributed by atoms with Gasteiger partial charge in [-0.05, 0) is 35.7 Å². The molecule has 0 aliphatic heterocycles. The summed E-state index contributed by atoms with van der Waals surface area (Å²) in [5, 5.41) is 13.5. The third-order valence-corrected chi connectivity index (χ3v) is 5.14. The van der Waals surface area contributed by atoms with Crippen molar-refractivity contribution in [2.75, 3.05) is 18.4 Å². The molecule has 2 amide bonds. The number of benzene rings is 2. The van der Waals surface area contributed by atoms with E-state index in [0.29, 0.717) is 44.0 Å². The fourth-order valence-corrected chi connectivity index (χ4v) is 3.44. The number of hydrogen-bond acceptors (Lipinski definition) is 5. The summed E-state index contributed by atoms with van der Waals surface area (Å²) in [7, 11) is 0. The standard InChI is InChI=1S/C26H31N5O3/c1-3-5-25(33)29-23-7-4-6-21(16-23)18-31-26(34)13-12-24(30-31)22-10-8-20(9-11-22)17-27-14-15-28-19(2)32/h4,6-13,16,27H,3,5,14-15,17-18H2,1-2H3,(H,28,32)(H,29,33). The Bertz CT molecular complexity index is 1170. The van der Waals surface area contributed by atoms with Crippen molar-refractivity contribution in [3.63, 3.8) is 0 Å². The van der Waals surface area contributed by atoms with E-state index >= 15 is 0 Å². The fourth-order valence-electron chi connectivity index (χ4n) is 3.44. The molecule has 178 valence electrons. The molecular formula is C26H31N5O3. The number of carbonyl (C=O) groups is 2. The molecule has 0 spiro atoms. The Balaban J connectivity index is 1.65. The van der Waals surface area contributed by atoms with Gasteiger partial charge in [-0.2, -0.15) is 5.10 Å². The molecule has 8 nitrogen and oxygen atoms in total.